The van der Waals surface area contributed by atoms with Gasteiger partial charge in [0.25, 0.3) is 0 Å². The third-order valence-corrected chi connectivity index (χ3v) is 3.81. The van der Waals surface area contributed by atoms with Gasteiger partial charge in [0.05, 0.1) is 12.0 Å². The quantitative estimate of drug-likeness (QED) is 0.870. The van der Waals surface area contributed by atoms with Crippen LogP contribution in [-0.4, -0.2) is 39.1 Å². The molecule has 0 spiro atoms. The van der Waals surface area contributed by atoms with Crippen molar-refractivity contribution < 1.29 is 27.4 Å². The Morgan fingerprint density at radius 1 is 1.26 bits per heavy atom. The summed E-state index contributed by atoms with van der Waals surface area (Å²) < 4.78 is 45.3. The van der Waals surface area contributed by atoms with Crippen LogP contribution in [0.2, 0.25) is 0 Å². The molecule has 2 rings (SSSR count). The van der Waals surface area contributed by atoms with Crippen LogP contribution in [-0.2, 0) is 9.53 Å². The number of methoxy groups -OCH3 is 1. The number of piperidine rings is 1. The minimum absolute atomic E-state index is 0.190. The van der Waals surface area contributed by atoms with Crippen molar-refractivity contribution in [3.05, 3.63) is 24.3 Å². The van der Waals surface area contributed by atoms with Crippen LogP contribution in [0.3, 0.4) is 0 Å². The van der Waals surface area contributed by atoms with Crippen LogP contribution in [0, 0.1) is 5.41 Å². The molecule has 5 nitrogen and oxygen atoms in total. The molecule has 0 aromatic heterocycles. The van der Waals surface area contributed by atoms with Crippen molar-refractivity contribution in [1.82, 2.24) is 5.32 Å². The molecule has 0 aliphatic carbocycles. The molecule has 128 valence electrons. The van der Waals surface area contributed by atoms with E-state index in [-0.39, 0.29) is 11.7 Å². The number of nitrogens with one attached hydrogen (secondary N) is 2. The van der Waals surface area contributed by atoms with Crippen LogP contribution >= 0.6 is 0 Å². The van der Waals surface area contributed by atoms with Gasteiger partial charge in [-0.15, -0.1) is 13.2 Å². The SMILES string of the molecule is COCC1(C(=O)Nc2ccc(OC(F)(F)F)cc2)CCNCC1. The molecular weight excluding hydrogens is 313 g/mol. The molecule has 1 fully saturated rings. The van der Waals surface area contributed by atoms with Crippen LogP contribution in [0.1, 0.15) is 12.8 Å². The number of hydrogen-bond acceptors (Lipinski definition) is 4. The molecule has 0 unspecified atom stereocenters. The second-order valence-electron chi connectivity index (χ2n) is 5.49. The van der Waals surface area contributed by atoms with Crippen molar-refractivity contribution in [1.29, 1.82) is 0 Å². The van der Waals surface area contributed by atoms with Gasteiger partial charge in [-0.25, -0.2) is 0 Å². The van der Waals surface area contributed by atoms with E-state index in [0.29, 0.717) is 25.1 Å². The highest BCUT2D eigenvalue weighted by Gasteiger charge is 2.39. The number of carbonyl (C=O) groups is 1. The van der Waals surface area contributed by atoms with Crippen LogP contribution < -0.4 is 15.4 Å². The van der Waals surface area contributed by atoms with Crippen LogP contribution in [0.4, 0.5) is 18.9 Å². The number of carbonyl (C=O) groups excluding carboxylic acids is 1. The molecule has 0 bridgehead atoms. The summed E-state index contributed by atoms with van der Waals surface area (Å²) in [6.45, 7) is 1.74. The van der Waals surface area contributed by atoms with Gasteiger partial charge < -0.3 is 20.1 Å². The van der Waals surface area contributed by atoms with Gasteiger partial charge in [0.1, 0.15) is 5.75 Å². The minimum atomic E-state index is -4.73. The first kappa shape index (κ1) is 17.6. The molecule has 8 heteroatoms. The fraction of sp³-hybridized carbons (Fsp3) is 0.533. The lowest BCUT2D eigenvalue weighted by Crippen LogP contribution is -2.47. The first-order valence-electron chi connectivity index (χ1n) is 7.22. The highest BCUT2D eigenvalue weighted by molar-refractivity contribution is 5.95. The second-order valence-corrected chi connectivity index (χ2v) is 5.49. The largest absolute Gasteiger partial charge is 0.573 e. The molecule has 1 aromatic rings. The summed E-state index contributed by atoms with van der Waals surface area (Å²) in [6, 6.07) is 5.07. The van der Waals surface area contributed by atoms with Gasteiger partial charge >= 0.3 is 6.36 Å². The summed E-state index contributed by atoms with van der Waals surface area (Å²) in [5, 5.41) is 5.93. The molecule has 1 aliphatic rings. The molecule has 1 heterocycles. The van der Waals surface area contributed by atoms with Gasteiger partial charge in [-0.05, 0) is 50.2 Å². The maximum Gasteiger partial charge on any atom is 0.573 e. The molecule has 1 aliphatic heterocycles. The molecule has 1 aromatic carbocycles. The fourth-order valence-corrected chi connectivity index (χ4v) is 2.62. The fourth-order valence-electron chi connectivity index (χ4n) is 2.62. The maximum absolute atomic E-state index is 12.6. The Morgan fingerprint density at radius 2 is 1.87 bits per heavy atom. The smallest absolute Gasteiger partial charge is 0.406 e. The van der Waals surface area contributed by atoms with Gasteiger partial charge in [0, 0.05) is 12.8 Å². The van der Waals surface area contributed by atoms with Crippen molar-refractivity contribution in [2.75, 3.05) is 32.1 Å². The Morgan fingerprint density at radius 3 is 2.39 bits per heavy atom. The standard InChI is InChI=1S/C15H19F3N2O3/c1-22-10-14(6-8-19-9-7-14)13(21)20-11-2-4-12(5-3-11)23-15(16,17)18/h2-5,19H,6-10H2,1H3,(H,20,21). The van der Waals surface area contributed by atoms with Gasteiger partial charge in [-0.2, -0.15) is 0 Å². The number of amides is 1. The second kappa shape index (κ2) is 7.18. The third-order valence-electron chi connectivity index (χ3n) is 3.81. The first-order valence-corrected chi connectivity index (χ1v) is 7.22. The molecule has 23 heavy (non-hydrogen) atoms. The topological polar surface area (TPSA) is 59.6 Å². The van der Waals surface area contributed by atoms with E-state index >= 15 is 0 Å². The Balaban J connectivity index is 2.03. The van der Waals surface area contributed by atoms with Gasteiger partial charge in [0.2, 0.25) is 5.91 Å². The Hall–Kier alpha value is -1.80. The monoisotopic (exact) mass is 332 g/mol. The normalized spacial score (nSPS) is 17.6. The van der Waals surface area contributed by atoms with E-state index in [9.17, 15) is 18.0 Å². The zero-order valence-corrected chi connectivity index (χ0v) is 12.7. The summed E-state index contributed by atoms with van der Waals surface area (Å²) in [5.41, 5.74) is -0.209. The van der Waals surface area contributed by atoms with Crippen molar-refractivity contribution in [2.45, 2.75) is 19.2 Å². The molecule has 0 atom stereocenters. The lowest BCUT2D eigenvalue weighted by molar-refractivity contribution is -0.274. The zero-order chi connectivity index (χ0) is 16.9. The summed E-state index contributed by atoms with van der Waals surface area (Å²) >= 11 is 0. The van der Waals surface area contributed by atoms with E-state index in [2.05, 4.69) is 15.4 Å². The van der Waals surface area contributed by atoms with Gasteiger partial charge in [-0.3, -0.25) is 4.79 Å². The first-order chi connectivity index (χ1) is 10.8. The number of hydrogen-bond donors (Lipinski definition) is 2. The highest BCUT2D eigenvalue weighted by atomic mass is 19.4. The lowest BCUT2D eigenvalue weighted by atomic mass is 9.78. The predicted octanol–water partition coefficient (Wildman–Crippen LogP) is 2.54. The summed E-state index contributed by atoms with van der Waals surface area (Å²) in [5.74, 6) is -0.519. The number of halogens is 3. The van der Waals surface area contributed by atoms with E-state index in [1.807, 2.05) is 0 Å². The predicted molar refractivity (Wildman–Crippen MR) is 78.2 cm³/mol. The summed E-state index contributed by atoms with van der Waals surface area (Å²) in [7, 11) is 1.54. The van der Waals surface area contributed by atoms with Crippen molar-refractivity contribution in [3.63, 3.8) is 0 Å². The lowest BCUT2D eigenvalue weighted by Gasteiger charge is -2.35. The highest BCUT2D eigenvalue weighted by Crippen LogP contribution is 2.31. The number of anilines is 1. The number of alkyl halides is 3. The van der Waals surface area contributed by atoms with E-state index in [4.69, 9.17) is 4.74 Å². The number of ether oxygens (including phenoxy) is 2. The summed E-state index contributed by atoms with van der Waals surface area (Å²) in [6.07, 6.45) is -3.45. The molecule has 2 N–H and O–H groups in total. The maximum atomic E-state index is 12.6. The molecule has 0 radical (unpaired) electrons. The van der Waals surface area contributed by atoms with Crippen LogP contribution in [0.5, 0.6) is 5.75 Å². The average Bonchev–Trinajstić information content (AvgIpc) is 2.49. The minimum Gasteiger partial charge on any atom is -0.406 e. The van der Waals surface area contributed by atoms with E-state index in [1.165, 1.54) is 12.1 Å². The summed E-state index contributed by atoms with van der Waals surface area (Å²) in [4.78, 5) is 12.6. The molecule has 1 saturated heterocycles. The van der Waals surface area contributed by atoms with Crippen molar-refractivity contribution >= 4 is 11.6 Å². The van der Waals surface area contributed by atoms with Crippen LogP contribution in [0.15, 0.2) is 24.3 Å². The van der Waals surface area contributed by atoms with E-state index in [1.54, 1.807) is 7.11 Å². The Kier molecular flexibility index (Phi) is 5.48. The molecular formula is C15H19F3N2O3. The average molecular weight is 332 g/mol. The van der Waals surface area contributed by atoms with E-state index in [0.717, 1.165) is 25.2 Å². The van der Waals surface area contributed by atoms with Gasteiger partial charge in [-0.1, -0.05) is 0 Å². The van der Waals surface area contributed by atoms with Gasteiger partial charge in [0.15, 0.2) is 0 Å². The number of rotatable bonds is 5. The molecule has 0 saturated carbocycles. The van der Waals surface area contributed by atoms with Crippen LogP contribution in [0.25, 0.3) is 0 Å². The van der Waals surface area contributed by atoms with E-state index < -0.39 is 11.8 Å². The Labute approximate surface area is 132 Å². The molecule has 1 amide bonds. The Bertz CT molecular complexity index is 520. The zero-order valence-electron chi connectivity index (χ0n) is 12.7. The van der Waals surface area contributed by atoms with Crippen molar-refractivity contribution in [3.8, 4) is 5.75 Å². The number of benzene rings is 1. The van der Waals surface area contributed by atoms with Crippen molar-refractivity contribution in [2.24, 2.45) is 5.41 Å². The third kappa shape index (κ3) is 4.84.